The van der Waals surface area contributed by atoms with Gasteiger partial charge in [-0.15, -0.1) is 16.7 Å². The number of halogens is 1. The Bertz CT molecular complexity index is 510. The third kappa shape index (κ3) is 2.49. The largest absolute Gasteiger partial charge is 0.222 e. The van der Waals surface area contributed by atoms with Crippen molar-refractivity contribution in [3.8, 4) is 6.07 Å². The van der Waals surface area contributed by atoms with Crippen LogP contribution in [0.4, 0.5) is 0 Å². The molecule has 0 fully saturated rings. The summed E-state index contributed by atoms with van der Waals surface area (Å²) in [6.07, 6.45) is 1.59. The maximum Gasteiger partial charge on any atom is 0.201 e. The van der Waals surface area contributed by atoms with Crippen molar-refractivity contribution in [2.75, 3.05) is 5.88 Å². The minimum absolute atomic E-state index is 0.0106. The maximum absolute atomic E-state index is 12.0. The summed E-state index contributed by atoms with van der Waals surface area (Å²) in [6.45, 7) is 1.54. The Morgan fingerprint density at radius 2 is 2.31 bits per heavy atom. The van der Waals surface area contributed by atoms with Crippen LogP contribution >= 0.6 is 11.6 Å². The number of alkyl halides is 1. The second-order valence-electron chi connectivity index (χ2n) is 3.20. The minimum Gasteiger partial charge on any atom is -0.222 e. The molecule has 86 valence electrons. The van der Waals surface area contributed by atoms with E-state index in [-0.39, 0.29) is 16.5 Å². The van der Waals surface area contributed by atoms with E-state index in [9.17, 15) is 8.42 Å². The summed E-state index contributed by atoms with van der Waals surface area (Å²) in [6, 6.07) is 3.11. The van der Waals surface area contributed by atoms with E-state index in [2.05, 4.69) is 10.2 Å². The quantitative estimate of drug-likeness (QED) is 0.757. The lowest BCUT2D eigenvalue weighted by molar-refractivity contribution is 0.574. The molecule has 0 saturated heterocycles. The van der Waals surface area contributed by atoms with Crippen LogP contribution in [0.1, 0.15) is 18.9 Å². The number of nitrogens with zero attached hydrogens (tertiary/aromatic N) is 3. The van der Waals surface area contributed by atoms with Gasteiger partial charge in [-0.25, -0.2) is 8.42 Å². The van der Waals surface area contributed by atoms with Crippen molar-refractivity contribution in [2.24, 2.45) is 0 Å². The van der Waals surface area contributed by atoms with Gasteiger partial charge in [0.15, 0.2) is 5.03 Å². The molecule has 0 aliphatic carbocycles. The van der Waals surface area contributed by atoms with Gasteiger partial charge in [0.05, 0.1) is 17.0 Å². The molecule has 0 spiro atoms. The highest BCUT2D eigenvalue weighted by Crippen LogP contribution is 2.18. The Labute approximate surface area is 99.0 Å². The predicted octanol–water partition coefficient (Wildman–Crippen LogP) is 1.14. The standard InChI is InChI=1S/C9H10ClN3O2S/c1-7(2-4-10)16(14,15)9-8(6-11)3-5-12-13-9/h3,5,7H,2,4H2,1H3. The van der Waals surface area contributed by atoms with E-state index in [0.717, 1.165) is 0 Å². The van der Waals surface area contributed by atoms with E-state index < -0.39 is 15.1 Å². The first-order valence-electron chi connectivity index (χ1n) is 4.55. The van der Waals surface area contributed by atoms with Crippen LogP contribution in [-0.2, 0) is 9.84 Å². The van der Waals surface area contributed by atoms with Gasteiger partial charge in [-0.2, -0.15) is 10.4 Å². The maximum atomic E-state index is 12.0. The molecule has 5 nitrogen and oxygen atoms in total. The number of nitriles is 1. The van der Waals surface area contributed by atoms with Crippen LogP contribution in [0.2, 0.25) is 0 Å². The van der Waals surface area contributed by atoms with Crippen molar-refractivity contribution < 1.29 is 8.42 Å². The van der Waals surface area contributed by atoms with E-state index >= 15 is 0 Å². The lowest BCUT2D eigenvalue weighted by Gasteiger charge is -2.10. The number of aromatic nitrogens is 2. The molecule has 1 aromatic heterocycles. The molecule has 0 N–H and O–H groups in total. The summed E-state index contributed by atoms with van der Waals surface area (Å²) in [7, 11) is -3.62. The highest BCUT2D eigenvalue weighted by Gasteiger charge is 2.27. The van der Waals surface area contributed by atoms with Crippen molar-refractivity contribution in [3.63, 3.8) is 0 Å². The molecule has 0 amide bonds. The normalized spacial score (nSPS) is 13.1. The monoisotopic (exact) mass is 259 g/mol. The molecule has 0 saturated carbocycles. The Morgan fingerprint density at radius 1 is 1.62 bits per heavy atom. The van der Waals surface area contributed by atoms with Gasteiger partial charge < -0.3 is 0 Å². The van der Waals surface area contributed by atoms with Crippen molar-refractivity contribution in [3.05, 3.63) is 17.8 Å². The Kier molecular flexibility index (Phi) is 4.21. The van der Waals surface area contributed by atoms with Crippen molar-refractivity contribution in [1.29, 1.82) is 5.26 Å². The van der Waals surface area contributed by atoms with Crippen molar-refractivity contribution in [2.45, 2.75) is 23.6 Å². The summed E-state index contributed by atoms with van der Waals surface area (Å²) < 4.78 is 24.0. The topological polar surface area (TPSA) is 83.7 Å². The molecular weight excluding hydrogens is 250 g/mol. The van der Waals surface area contributed by atoms with Crippen LogP contribution < -0.4 is 0 Å². The molecule has 1 rings (SSSR count). The average Bonchev–Trinajstić information content (AvgIpc) is 2.29. The molecule has 1 unspecified atom stereocenters. The Hall–Kier alpha value is -1.19. The number of rotatable bonds is 4. The molecule has 0 bridgehead atoms. The van der Waals surface area contributed by atoms with E-state index in [1.54, 1.807) is 6.07 Å². The second kappa shape index (κ2) is 5.23. The predicted molar refractivity (Wildman–Crippen MR) is 58.7 cm³/mol. The zero-order valence-corrected chi connectivity index (χ0v) is 10.2. The molecule has 1 aromatic rings. The Morgan fingerprint density at radius 3 is 2.88 bits per heavy atom. The zero-order valence-electron chi connectivity index (χ0n) is 8.59. The first-order valence-corrected chi connectivity index (χ1v) is 6.63. The molecular formula is C9H10ClN3O2S. The molecule has 0 radical (unpaired) electrons. The zero-order chi connectivity index (χ0) is 12.2. The summed E-state index contributed by atoms with van der Waals surface area (Å²) in [5.41, 5.74) is 0.0106. The van der Waals surface area contributed by atoms with Crippen LogP contribution in [-0.4, -0.2) is 29.7 Å². The fourth-order valence-corrected chi connectivity index (χ4v) is 2.96. The lowest BCUT2D eigenvalue weighted by Crippen LogP contribution is -2.21. The Balaban J connectivity index is 3.23. The second-order valence-corrected chi connectivity index (χ2v) is 5.85. The van der Waals surface area contributed by atoms with Gasteiger partial charge in [0.2, 0.25) is 9.84 Å². The van der Waals surface area contributed by atoms with Gasteiger partial charge in [-0.3, -0.25) is 0 Å². The van der Waals surface area contributed by atoms with E-state index in [1.807, 2.05) is 0 Å². The van der Waals surface area contributed by atoms with Crippen LogP contribution in [0.5, 0.6) is 0 Å². The fourth-order valence-electron chi connectivity index (χ4n) is 1.11. The van der Waals surface area contributed by atoms with Gasteiger partial charge in [0.1, 0.15) is 6.07 Å². The van der Waals surface area contributed by atoms with Gasteiger partial charge >= 0.3 is 0 Å². The molecule has 1 atom stereocenters. The molecule has 1 heterocycles. The molecule has 0 aliphatic rings. The highest BCUT2D eigenvalue weighted by atomic mass is 35.5. The highest BCUT2D eigenvalue weighted by molar-refractivity contribution is 7.92. The third-order valence-electron chi connectivity index (χ3n) is 2.12. The van der Waals surface area contributed by atoms with Crippen LogP contribution in [0, 0.1) is 11.3 Å². The van der Waals surface area contributed by atoms with Gasteiger partial charge in [-0.1, -0.05) is 0 Å². The first-order chi connectivity index (χ1) is 7.54. The van der Waals surface area contributed by atoms with E-state index in [1.165, 1.54) is 19.2 Å². The number of hydrogen-bond donors (Lipinski definition) is 0. The van der Waals surface area contributed by atoms with E-state index in [0.29, 0.717) is 6.42 Å². The van der Waals surface area contributed by atoms with Gasteiger partial charge in [0, 0.05) is 5.88 Å². The van der Waals surface area contributed by atoms with Gasteiger partial charge in [-0.05, 0) is 19.4 Å². The molecule has 7 heteroatoms. The number of hydrogen-bond acceptors (Lipinski definition) is 5. The van der Waals surface area contributed by atoms with Crippen LogP contribution in [0.15, 0.2) is 17.3 Å². The van der Waals surface area contributed by atoms with Crippen LogP contribution in [0.25, 0.3) is 0 Å². The summed E-state index contributed by atoms with van der Waals surface area (Å²) >= 11 is 5.50. The first kappa shape index (κ1) is 12.9. The summed E-state index contributed by atoms with van der Waals surface area (Å²) in [5, 5.41) is 14.9. The third-order valence-corrected chi connectivity index (χ3v) is 4.48. The molecule has 0 aromatic carbocycles. The molecule has 16 heavy (non-hydrogen) atoms. The van der Waals surface area contributed by atoms with Crippen molar-refractivity contribution in [1.82, 2.24) is 10.2 Å². The lowest BCUT2D eigenvalue weighted by atomic mass is 10.3. The SMILES string of the molecule is CC(CCCl)S(=O)(=O)c1nnccc1C#N. The smallest absolute Gasteiger partial charge is 0.201 e. The number of sulfone groups is 1. The molecule has 0 aliphatic heterocycles. The van der Waals surface area contributed by atoms with Crippen LogP contribution in [0.3, 0.4) is 0 Å². The van der Waals surface area contributed by atoms with E-state index in [4.69, 9.17) is 16.9 Å². The fraction of sp³-hybridized carbons (Fsp3) is 0.444. The van der Waals surface area contributed by atoms with Crippen molar-refractivity contribution >= 4 is 21.4 Å². The van der Waals surface area contributed by atoms with Gasteiger partial charge in [0.25, 0.3) is 0 Å². The average molecular weight is 260 g/mol. The summed E-state index contributed by atoms with van der Waals surface area (Å²) in [4.78, 5) is 0. The minimum atomic E-state index is -3.62. The summed E-state index contributed by atoms with van der Waals surface area (Å²) in [5.74, 6) is 0.239.